The molecular formula is C14H12O2S. The molecule has 17 heavy (non-hydrogen) atoms. The maximum absolute atomic E-state index is 9.27. The maximum Gasteiger partial charge on any atom is 0.170 e. The van der Waals surface area contributed by atoms with Crippen molar-refractivity contribution >= 4 is 11.8 Å². The van der Waals surface area contributed by atoms with E-state index in [-0.39, 0.29) is 11.2 Å². The lowest BCUT2D eigenvalue weighted by Crippen LogP contribution is -2.09. The quantitative estimate of drug-likeness (QED) is 0.829. The first kappa shape index (κ1) is 10.5. The third-order valence-electron chi connectivity index (χ3n) is 2.76. The van der Waals surface area contributed by atoms with E-state index in [0.29, 0.717) is 0 Å². The molecule has 0 saturated heterocycles. The van der Waals surface area contributed by atoms with Gasteiger partial charge in [-0.2, -0.15) is 0 Å². The first-order valence-corrected chi connectivity index (χ1v) is 6.53. The summed E-state index contributed by atoms with van der Waals surface area (Å²) in [4.78, 5) is 0. The fourth-order valence-electron chi connectivity index (χ4n) is 1.85. The second kappa shape index (κ2) is 4.34. The SMILES string of the molecule is Oc1ccc(C2Oc3ccccc3CS2)cc1. The highest BCUT2D eigenvalue weighted by atomic mass is 32.2. The lowest BCUT2D eigenvalue weighted by molar-refractivity contribution is 0.287. The fraction of sp³-hybridized carbons (Fsp3) is 0.143. The minimum absolute atomic E-state index is 0.0190. The second-order valence-electron chi connectivity index (χ2n) is 3.96. The summed E-state index contributed by atoms with van der Waals surface area (Å²) in [6, 6.07) is 15.3. The van der Waals surface area contributed by atoms with Crippen molar-refractivity contribution < 1.29 is 9.84 Å². The Morgan fingerprint density at radius 2 is 1.82 bits per heavy atom. The van der Waals surface area contributed by atoms with E-state index in [1.165, 1.54) is 5.56 Å². The van der Waals surface area contributed by atoms with Gasteiger partial charge in [0.15, 0.2) is 5.44 Å². The summed E-state index contributed by atoms with van der Waals surface area (Å²) >= 11 is 1.76. The first-order chi connectivity index (χ1) is 8.33. The number of phenols is 1. The number of ether oxygens (including phenoxy) is 1. The fourth-order valence-corrected chi connectivity index (χ4v) is 2.94. The van der Waals surface area contributed by atoms with Crippen LogP contribution in [0.5, 0.6) is 11.5 Å². The number of thioether (sulfide) groups is 1. The monoisotopic (exact) mass is 244 g/mol. The van der Waals surface area contributed by atoms with Gasteiger partial charge in [0, 0.05) is 16.9 Å². The Hall–Kier alpha value is -1.61. The Labute approximate surface area is 104 Å². The van der Waals surface area contributed by atoms with Crippen LogP contribution in [0.15, 0.2) is 48.5 Å². The molecule has 2 aromatic rings. The van der Waals surface area contributed by atoms with Crippen LogP contribution in [0.1, 0.15) is 16.6 Å². The van der Waals surface area contributed by atoms with Crippen molar-refractivity contribution in [1.29, 1.82) is 0 Å². The number of rotatable bonds is 1. The zero-order chi connectivity index (χ0) is 11.7. The van der Waals surface area contributed by atoms with Gasteiger partial charge in [0.05, 0.1) is 0 Å². The summed E-state index contributed by atoms with van der Waals surface area (Å²) in [5.41, 5.74) is 2.35. The van der Waals surface area contributed by atoms with Crippen LogP contribution in [0, 0.1) is 0 Å². The average molecular weight is 244 g/mol. The molecule has 1 atom stereocenters. The van der Waals surface area contributed by atoms with Crippen molar-refractivity contribution in [2.75, 3.05) is 0 Å². The van der Waals surface area contributed by atoms with Gasteiger partial charge in [-0.05, 0) is 18.2 Å². The minimum atomic E-state index is 0.0190. The van der Waals surface area contributed by atoms with Crippen molar-refractivity contribution in [1.82, 2.24) is 0 Å². The van der Waals surface area contributed by atoms with Crippen LogP contribution in [0.3, 0.4) is 0 Å². The molecule has 0 aromatic heterocycles. The summed E-state index contributed by atoms with van der Waals surface area (Å²) in [6.45, 7) is 0. The van der Waals surface area contributed by atoms with E-state index >= 15 is 0 Å². The minimum Gasteiger partial charge on any atom is -0.508 e. The van der Waals surface area contributed by atoms with E-state index in [9.17, 15) is 5.11 Å². The molecule has 0 radical (unpaired) electrons. The summed E-state index contributed by atoms with van der Waals surface area (Å²) in [5.74, 6) is 2.21. The van der Waals surface area contributed by atoms with E-state index in [0.717, 1.165) is 17.1 Å². The van der Waals surface area contributed by atoms with Gasteiger partial charge in [-0.15, -0.1) is 11.8 Å². The summed E-state index contributed by atoms with van der Waals surface area (Å²) in [6.07, 6.45) is 0. The highest BCUT2D eigenvalue weighted by Gasteiger charge is 2.21. The van der Waals surface area contributed by atoms with E-state index in [1.807, 2.05) is 30.3 Å². The van der Waals surface area contributed by atoms with Crippen molar-refractivity contribution in [3.63, 3.8) is 0 Å². The van der Waals surface area contributed by atoms with E-state index in [4.69, 9.17) is 4.74 Å². The van der Waals surface area contributed by atoms with Gasteiger partial charge in [0.2, 0.25) is 0 Å². The van der Waals surface area contributed by atoms with Gasteiger partial charge in [-0.1, -0.05) is 30.3 Å². The molecule has 1 aliphatic rings. The van der Waals surface area contributed by atoms with Crippen molar-refractivity contribution in [2.45, 2.75) is 11.2 Å². The molecule has 86 valence electrons. The molecule has 3 rings (SSSR count). The molecule has 1 N–H and O–H groups in total. The molecule has 1 heterocycles. The molecule has 0 saturated carbocycles. The molecule has 1 aliphatic heterocycles. The smallest absolute Gasteiger partial charge is 0.170 e. The molecule has 2 aromatic carbocycles. The molecule has 2 nitrogen and oxygen atoms in total. The van der Waals surface area contributed by atoms with Gasteiger partial charge in [-0.25, -0.2) is 0 Å². The molecule has 3 heteroatoms. The third-order valence-corrected chi connectivity index (χ3v) is 3.91. The van der Waals surface area contributed by atoms with Crippen LogP contribution < -0.4 is 4.74 Å². The average Bonchev–Trinajstić information content (AvgIpc) is 2.39. The van der Waals surface area contributed by atoms with Crippen molar-refractivity contribution in [3.8, 4) is 11.5 Å². The van der Waals surface area contributed by atoms with Crippen molar-refractivity contribution in [2.24, 2.45) is 0 Å². The number of benzene rings is 2. The van der Waals surface area contributed by atoms with Gasteiger partial charge < -0.3 is 9.84 Å². The number of hydrogen-bond donors (Lipinski definition) is 1. The first-order valence-electron chi connectivity index (χ1n) is 5.48. The van der Waals surface area contributed by atoms with E-state index in [2.05, 4.69) is 6.07 Å². The Bertz CT molecular complexity index is 522. The number of para-hydroxylation sites is 1. The van der Waals surface area contributed by atoms with E-state index < -0.39 is 0 Å². The van der Waals surface area contributed by atoms with Crippen LogP contribution in [0.2, 0.25) is 0 Å². The van der Waals surface area contributed by atoms with Crippen molar-refractivity contribution in [3.05, 3.63) is 59.7 Å². The molecule has 0 amide bonds. The van der Waals surface area contributed by atoms with Gasteiger partial charge >= 0.3 is 0 Å². The summed E-state index contributed by atoms with van der Waals surface area (Å²) in [7, 11) is 0. The van der Waals surface area contributed by atoms with Gasteiger partial charge in [-0.3, -0.25) is 0 Å². The maximum atomic E-state index is 9.27. The summed E-state index contributed by atoms with van der Waals surface area (Å²) < 4.78 is 5.94. The van der Waals surface area contributed by atoms with E-state index in [1.54, 1.807) is 23.9 Å². The standard InChI is InChI=1S/C14H12O2S/c15-12-7-5-10(6-8-12)14-16-13-4-2-1-3-11(13)9-17-14/h1-8,14-15H,9H2. The Balaban J connectivity index is 1.86. The molecule has 1 unspecified atom stereocenters. The number of hydrogen-bond acceptors (Lipinski definition) is 3. The predicted molar refractivity (Wildman–Crippen MR) is 69.2 cm³/mol. The Morgan fingerprint density at radius 1 is 1.06 bits per heavy atom. The topological polar surface area (TPSA) is 29.5 Å². The summed E-state index contributed by atoms with van der Waals surface area (Å²) in [5, 5.41) is 9.27. The number of fused-ring (bicyclic) bond motifs is 1. The highest BCUT2D eigenvalue weighted by Crippen LogP contribution is 2.41. The molecule has 0 fully saturated rings. The third kappa shape index (κ3) is 2.11. The van der Waals surface area contributed by atoms with Gasteiger partial charge in [0.25, 0.3) is 0 Å². The van der Waals surface area contributed by atoms with Crippen LogP contribution in [-0.2, 0) is 5.75 Å². The van der Waals surface area contributed by atoms with Crippen LogP contribution in [0.25, 0.3) is 0 Å². The molecule has 0 aliphatic carbocycles. The van der Waals surface area contributed by atoms with Gasteiger partial charge in [0.1, 0.15) is 11.5 Å². The predicted octanol–water partition coefficient (Wildman–Crippen LogP) is 3.72. The molecule has 0 bridgehead atoms. The largest absolute Gasteiger partial charge is 0.508 e. The second-order valence-corrected chi connectivity index (χ2v) is 5.01. The normalized spacial score (nSPS) is 18.2. The van der Waals surface area contributed by atoms with Crippen LogP contribution >= 0.6 is 11.8 Å². The molecule has 0 spiro atoms. The lowest BCUT2D eigenvalue weighted by atomic mass is 10.2. The lowest BCUT2D eigenvalue weighted by Gasteiger charge is -2.25. The Morgan fingerprint density at radius 3 is 2.65 bits per heavy atom. The van der Waals surface area contributed by atoms with Crippen LogP contribution in [0.4, 0.5) is 0 Å². The zero-order valence-corrected chi connectivity index (χ0v) is 9.98. The van der Waals surface area contributed by atoms with Crippen LogP contribution in [-0.4, -0.2) is 5.11 Å². The number of aromatic hydroxyl groups is 1. The Kier molecular flexibility index (Phi) is 2.69. The highest BCUT2D eigenvalue weighted by molar-refractivity contribution is 7.98. The molecular weight excluding hydrogens is 232 g/mol. The zero-order valence-electron chi connectivity index (χ0n) is 9.17. The number of phenolic OH excluding ortho intramolecular Hbond substituents is 1.